The van der Waals surface area contributed by atoms with E-state index in [9.17, 15) is 0 Å². The van der Waals surface area contributed by atoms with Crippen LogP contribution in [0.25, 0.3) is 22.3 Å². The van der Waals surface area contributed by atoms with Gasteiger partial charge in [-0.1, -0.05) is 0 Å². The molecule has 0 aliphatic carbocycles. The number of hydrogen-bond donors (Lipinski definition) is 0. The molecule has 0 atom stereocenters. The predicted molar refractivity (Wildman–Crippen MR) is 176 cm³/mol. The Bertz CT molecular complexity index is 1540. The molecule has 0 bridgehead atoms. The molecule has 0 fully saturated rings. The van der Waals surface area contributed by atoms with Crippen LogP contribution >= 0.6 is 17.7 Å². The second kappa shape index (κ2) is 18.5. The van der Waals surface area contributed by atoms with Crippen molar-refractivity contribution in [2.45, 2.75) is 0 Å². The molecule has 6 aromatic carbocycles. The normalized spacial score (nSPS) is 10.8. The first-order chi connectivity index (χ1) is 19.7. The van der Waals surface area contributed by atoms with Crippen LogP contribution in [0.15, 0.2) is 158 Å². The second-order valence-corrected chi connectivity index (χ2v) is 23.5. The van der Waals surface area contributed by atoms with Crippen LogP contribution in [0, 0.1) is 12.1 Å². The van der Waals surface area contributed by atoms with E-state index in [1.807, 2.05) is 78.9 Å². The maximum atomic E-state index is 5.75. The summed E-state index contributed by atoms with van der Waals surface area (Å²) >= 11 is -3.72. The van der Waals surface area contributed by atoms with E-state index in [0.29, 0.717) is 0 Å². The minimum atomic E-state index is -1.96. The van der Waals surface area contributed by atoms with Gasteiger partial charge in [0.25, 0.3) is 0 Å². The van der Waals surface area contributed by atoms with Crippen molar-refractivity contribution in [2.24, 2.45) is 0 Å². The fourth-order valence-corrected chi connectivity index (χ4v) is 14.6. The van der Waals surface area contributed by atoms with Gasteiger partial charge in [0, 0.05) is 0 Å². The fourth-order valence-electron chi connectivity index (χ4n) is 4.44. The number of hydrogen-bond acceptors (Lipinski definition) is 0. The summed E-state index contributed by atoms with van der Waals surface area (Å²) in [5, 5.41) is 0. The second-order valence-electron chi connectivity index (χ2n) is 8.83. The molecule has 0 radical (unpaired) electrons. The molecule has 0 spiro atoms. The Morgan fingerprint density at radius 3 is 1.26 bits per heavy atom. The molecule has 1 heterocycles. The molecule has 0 aromatic heterocycles. The molecule has 6 heteroatoms. The van der Waals surface area contributed by atoms with Crippen LogP contribution in [-0.4, -0.2) is 38.1 Å². The molecule has 0 N–H and O–H groups in total. The molecule has 1 aliphatic heterocycles. The van der Waals surface area contributed by atoms with Crippen molar-refractivity contribution < 1.29 is 37.7 Å². The summed E-state index contributed by atoms with van der Waals surface area (Å²) in [5.41, 5.74) is 5.12. The van der Waals surface area contributed by atoms with Crippen LogP contribution in [0.5, 0.6) is 0 Å². The summed E-state index contributed by atoms with van der Waals surface area (Å²) in [6.07, 6.45) is 0. The van der Waals surface area contributed by atoms with E-state index in [2.05, 4.69) is 91.0 Å². The first-order valence-corrected chi connectivity index (χ1v) is 24.4. The third-order valence-corrected chi connectivity index (χ3v) is 18.1. The van der Waals surface area contributed by atoms with E-state index in [4.69, 9.17) is 17.7 Å². The summed E-state index contributed by atoms with van der Waals surface area (Å²) in [6.45, 7) is 0. The molecule has 0 amide bonds. The first kappa shape index (κ1) is 35.2. The van der Waals surface area contributed by atoms with E-state index in [-0.39, 0.29) is 37.7 Å². The van der Waals surface area contributed by atoms with Gasteiger partial charge in [-0.05, 0) is 0 Å². The van der Waals surface area contributed by atoms with E-state index in [1.54, 1.807) is 10.5 Å². The molecule has 0 unspecified atom stereocenters. The Morgan fingerprint density at radius 2 is 0.857 bits per heavy atom. The topological polar surface area (TPSA) is 0 Å². The standard InChI is InChI=1S/2C12H8.2C6H5.2ClH.2Li.2Sb/c2*1-3-7-11(8-4-1)12-9-5-2-6-10-12;2*1-2-4-6-5-3-1;;;;;;/h2*1-7,9H;2*1-5H;2*1H;;;;/q;-2;;;;;2*+1;+2;/p-2/i;;;;;;;;1-1;. The van der Waals surface area contributed by atoms with Crippen molar-refractivity contribution >= 4 is 69.8 Å². The molecule has 0 nitrogen and oxygen atoms in total. The Morgan fingerprint density at radius 1 is 0.452 bits per heavy atom. The van der Waals surface area contributed by atoms with Crippen molar-refractivity contribution in [2.75, 3.05) is 0 Å². The van der Waals surface area contributed by atoms with Gasteiger partial charge in [0.1, 0.15) is 0 Å². The van der Waals surface area contributed by atoms with Crippen LogP contribution in [0.3, 0.4) is 0 Å². The third kappa shape index (κ3) is 9.37. The number of halogens is 2. The van der Waals surface area contributed by atoms with Gasteiger partial charge in [0.15, 0.2) is 0 Å². The van der Waals surface area contributed by atoms with Crippen LogP contribution in [0.2, 0.25) is 0 Å². The van der Waals surface area contributed by atoms with Gasteiger partial charge in [-0.15, -0.1) is 12.1 Å². The number of fused-ring (bicyclic) bond motifs is 3. The van der Waals surface area contributed by atoms with Crippen molar-refractivity contribution in [3.63, 3.8) is 0 Å². The zero-order chi connectivity index (χ0) is 27.6. The van der Waals surface area contributed by atoms with Gasteiger partial charge < -0.3 is 0 Å². The zero-order valence-electron chi connectivity index (χ0n) is 23.7. The third-order valence-electron chi connectivity index (χ3n) is 6.25. The van der Waals surface area contributed by atoms with Crippen molar-refractivity contribution in [3.05, 3.63) is 170 Å². The minimum absolute atomic E-state index is 0. The van der Waals surface area contributed by atoms with Gasteiger partial charge in [0.2, 0.25) is 0 Å². The maximum absolute atomic E-state index is 5.75. The van der Waals surface area contributed by atoms with Crippen LogP contribution < -0.4 is 51.8 Å². The Hall–Kier alpha value is -1.27. The number of rotatable bonds is 3. The van der Waals surface area contributed by atoms with Crippen LogP contribution in [0.1, 0.15) is 0 Å². The van der Waals surface area contributed by atoms with Crippen LogP contribution in [-0.2, 0) is 0 Å². The predicted octanol–water partition coefficient (Wildman–Crippen LogP) is 1.00. The molecule has 0 saturated heterocycles. The first-order valence-electron chi connectivity index (χ1n) is 12.9. The molecule has 7 rings (SSSR count). The van der Waals surface area contributed by atoms with Crippen LogP contribution in [0.4, 0.5) is 0 Å². The van der Waals surface area contributed by atoms with E-state index < -0.39 is 38.1 Å². The molecule has 0 saturated carbocycles. The van der Waals surface area contributed by atoms with E-state index in [0.717, 1.165) is 14.6 Å². The summed E-state index contributed by atoms with van der Waals surface area (Å²) in [5.74, 6) is 0. The Labute approximate surface area is 296 Å². The Kier molecular flexibility index (Phi) is 15.5. The molecule has 6 aromatic rings. The summed E-state index contributed by atoms with van der Waals surface area (Å²) in [4.78, 5) is 0. The van der Waals surface area contributed by atoms with Gasteiger partial charge >= 0.3 is 228 Å². The molecule has 1 aliphatic rings. The average molecular weight is 786 g/mol. The molecular weight excluding hydrogens is 760 g/mol. The Balaban J connectivity index is 0.000000183. The molecule has 196 valence electrons. The quantitative estimate of drug-likeness (QED) is 0.186. The van der Waals surface area contributed by atoms with Gasteiger partial charge in [0.05, 0.1) is 0 Å². The van der Waals surface area contributed by atoms with E-state index >= 15 is 0 Å². The zero-order valence-corrected chi connectivity index (χ0v) is 30.3. The van der Waals surface area contributed by atoms with Gasteiger partial charge in [-0.3, -0.25) is 0 Å². The number of benzene rings is 6. The molecular formula is C36H26Cl2Li2Sb2. The monoisotopic (exact) mass is 784 g/mol. The summed E-state index contributed by atoms with van der Waals surface area (Å²) in [7, 11) is 11.5. The molecule has 42 heavy (non-hydrogen) atoms. The van der Waals surface area contributed by atoms with Gasteiger partial charge in [-0.2, -0.15) is 48.5 Å². The van der Waals surface area contributed by atoms with Gasteiger partial charge in [-0.25, -0.2) is 11.1 Å². The average Bonchev–Trinajstić information content (AvgIpc) is 3.38. The van der Waals surface area contributed by atoms with Crippen molar-refractivity contribution in [1.29, 1.82) is 0 Å². The SMILES string of the molecule is [Cl][121Sb]([Cl])[c]1ccccc1.[Li+].[Li+].[c-]1ccccc1-c1[c-]cccc1.c1cc[c]([Sb]2[c]3ccccc3-c3cccc[c]32)cc1. The summed E-state index contributed by atoms with van der Waals surface area (Å²) < 4.78 is 5.91. The van der Waals surface area contributed by atoms with E-state index in [1.165, 1.54) is 11.1 Å². The summed E-state index contributed by atoms with van der Waals surface area (Å²) in [6, 6.07) is 60.9. The van der Waals surface area contributed by atoms with Crippen molar-refractivity contribution in [1.82, 2.24) is 0 Å². The van der Waals surface area contributed by atoms with Crippen molar-refractivity contribution in [3.8, 4) is 22.3 Å². The fraction of sp³-hybridized carbons (Fsp3) is 0.